The number of benzene rings is 9. The summed E-state index contributed by atoms with van der Waals surface area (Å²) in [4.78, 5) is 5.06. The minimum atomic E-state index is -0.219. The standard InChI is InChI=1S/C61H46N4/c1-61(2)51-27-15-12-25-47(51)58-52(61)39-49(43-33-37-56-50(38-43)46-24-13-16-28-54(46)64(56)44-22-10-5-11-23-44)57-48-26-14-17-29-55(48)65(59(57)58)45-34-31-42(32-35-45)60(62)63-53(41-20-8-4-9-21-41)36-30-40-18-6-3-7-19-40/h3-29,31-39H,30H2,1-2H3,(H2,62,63)/b53-36-. The Morgan fingerprint density at radius 3 is 1.86 bits per heavy atom. The number of amidine groups is 1. The van der Waals surface area contributed by atoms with Crippen LogP contribution >= 0.6 is 0 Å². The second kappa shape index (κ2) is 15.3. The summed E-state index contributed by atoms with van der Waals surface area (Å²) in [6, 6.07) is 76.3. The van der Waals surface area contributed by atoms with Crippen LogP contribution in [-0.2, 0) is 11.8 Å². The third-order valence-electron chi connectivity index (χ3n) is 13.6. The molecule has 1 aliphatic carbocycles. The third-order valence-corrected chi connectivity index (χ3v) is 13.6. The van der Waals surface area contributed by atoms with Crippen LogP contribution in [0.4, 0.5) is 0 Å². The minimum absolute atomic E-state index is 0.219. The molecule has 4 nitrogen and oxygen atoms in total. The maximum Gasteiger partial charge on any atom is 0.131 e. The van der Waals surface area contributed by atoms with E-state index in [-0.39, 0.29) is 5.41 Å². The molecule has 0 fully saturated rings. The largest absolute Gasteiger partial charge is 0.383 e. The normalized spacial score (nSPS) is 13.5. The zero-order chi connectivity index (χ0) is 43.6. The van der Waals surface area contributed by atoms with Crippen molar-refractivity contribution < 1.29 is 0 Å². The topological polar surface area (TPSA) is 48.2 Å². The van der Waals surface area contributed by atoms with Gasteiger partial charge in [0.2, 0.25) is 0 Å². The van der Waals surface area contributed by atoms with Gasteiger partial charge in [-0.15, -0.1) is 0 Å². The molecule has 0 saturated carbocycles. The molecule has 0 unspecified atom stereocenters. The number of nitrogens with zero attached hydrogens (tertiary/aromatic N) is 3. The molecule has 9 aromatic carbocycles. The molecule has 0 amide bonds. The van der Waals surface area contributed by atoms with E-state index in [2.05, 4.69) is 217 Å². The zero-order valence-corrected chi connectivity index (χ0v) is 36.4. The fraction of sp³-hybridized carbons (Fsp3) is 0.0656. The third kappa shape index (κ3) is 6.24. The quantitative estimate of drug-likeness (QED) is 0.120. The highest BCUT2D eigenvalue weighted by Crippen LogP contribution is 2.55. The van der Waals surface area contributed by atoms with E-state index >= 15 is 0 Å². The first-order chi connectivity index (χ1) is 31.9. The van der Waals surface area contributed by atoms with E-state index in [1.807, 2.05) is 24.3 Å². The van der Waals surface area contributed by atoms with Crippen molar-refractivity contribution >= 4 is 55.1 Å². The lowest BCUT2D eigenvalue weighted by atomic mass is 9.81. The van der Waals surface area contributed by atoms with E-state index in [9.17, 15) is 0 Å². The number of hydrogen-bond acceptors (Lipinski definition) is 1. The molecule has 2 heterocycles. The number of allylic oxidation sites excluding steroid dienone is 1. The Bertz CT molecular complexity index is 3680. The van der Waals surface area contributed by atoms with Gasteiger partial charge in [-0.3, -0.25) is 0 Å². The Kier molecular flexibility index (Phi) is 9.03. The van der Waals surface area contributed by atoms with Crippen LogP contribution in [0.2, 0.25) is 0 Å². The summed E-state index contributed by atoms with van der Waals surface area (Å²) in [7, 11) is 0. The van der Waals surface area contributed by atoms with Gasteiger partial charge in [-0.1, -0.05) is 166 Å². The van der Waals surface area contributed by atoms with Gasteiger partial charge in [-0.05, 0) is 112 Å². The van der Waals surface area contributed by atoms with Gasteiger partial charge in [-0.2, -0.15) is 0 Å². The zero-order valence-electron chi connectivity index (χ0n) is 36.4. The molecule has 1 aliphatic rings. The van der Waals surface area contributed by atoms with Crippen LogP contribution in [0, 0.1) is 0 Å². The van der Waals surface area contributed by atoms with Gasteiger partial charge in [0.25, 0.3) is 0 Å². The van der Waals surface area contributed by atoms with Crippen molar-refractivity contribution in [3.63, 3.8) is 0 Å². The molecule has 2 N–H and O–H groups in total. The van der Waals surface area contributed by atoms with Gasteiger partial charge in [0, 0.05) is 49.5 Å². The van der Waals surface area contributed by atoms with E-state index in [0.29, 0.717) is 5.84 Å². The molecule has 0 atom stereocenters. The molecular formula is C61H46N4. The first kappa shape index (κ1) is 38.5. The molecule has 65 heavy (non-hydrogen) atoms. The van der Waals surface area contributed by atoms with Crippen molar-refractivity contribution in [1.29, 1.82) is 0 Å². The molecule has 0 spiro atoms. The van der Waals surface area contributed by atoms with Gasteiger partial charge in [0.1, 0.15) is 5.84 Å². The SMILES string of the molecule is CC1(C)c2ccccc2-c2c1cc(-c1ccc3c(c1)c1ccccc1n3-c1ccccc1)c1c3ccccc3n(-c3ccc(C(N)=N/C(=C\Cc4ccccc4)c4ccccc4)cc3)c21. The lowest BCUT2D eigenvalue weighted by molar-refractivity contribution is 0.661. The molecular weight excluding hydrogens is 789 g/mol. The molecule has 4 heteroatoms. The predicted octanol–water partition coefficient (Wildman–Crippen LogP) is 14.8. The van der Waals surface area contributed by atoms with Crippen LogP contribution in [0.1, 0.15) is 41.7 Å². The number of hydrogen-bond donors (Lipinski definition) is 1. The molecule has 0 radical (unpaired) electrons. The van der Waals surface area contributed by atoms with E-state index in [0.717, 1.165) is 40.1 Å². The summed E-state index contributed by atoms with van der Waals surface area (Å²) in [5.41, 5.74) is 25.4. The highest BCUT2D eigenvalue weighted by Gasteiger charge is 2.39. The maximum absolute atomic E-state index is 6.90. The van der Waals surface area contributed by atoms with Crippen LogP contribution < -0.4 is 5.73 Å². The Morgan fingerprint density at radius 2 is 1.11 bits per heavy atom. The van der Waals surface area contributed by atoms with Gasteiger partial charge in [0.15, 0.2) is 0 Å². The van der Waals surface area contributed by atoms with E-state index < -0.39 is 0 Å². The van der Waals surface area contributed by atoms with E-state index in [1.165, 1.54) is 77.0 Å². The molecule has 0 bridgehead atoms. The number of nitrogens with two attached hydrogens (primary N) is 1. The second-order valence-corrected chi connectivity index (χ2v) is 17.7. The second-order valence-electron chi connectivity index (χ2n) is 17.7. The Hall–Kier alpha value is -8.21. The van der Waals surface area contributed by atoms with Gasteiger partial charge < -0.3 is 14.9 Å². The first-order valence-electron chi connectivity index (χ1n) is 22.5. The molecule has 12 rings (SSSR count). The van der Waals surface area contributed by atoms with Crippen LogP contribution in [0.5, 0.6) is 0 Å². The number of para-hydroxylation sites is 3. The molecule has 2 aromatic heterocycles. The summed E-state index contributed by atoms with van der Waals surface area (Å²) in [5.74, 6) is 0.477. The maximum atomic E-state index is 6.90. The van der Waals surface area contributed by atoms with Gasteiger partial charge in [0.05, 0.1) is 27.8 Å². The number of rotatable bonds is 8. The highest BCUT2D eigenvalue weighted by atomic mass is 15.0. The van der Waals surface area contributed by atoms with Crippen LogP contribution in [0.25, 0.3) is 82.9 Å². The number of fused-ring (bicyclic) bond motifs is 10. The van der Waals surface area contributed by atoms with Crippen LogP contribution in [-0.4, -0.2) is 15.0 Å². The van der Waals surface area contributed by atoms with Gasteiger partial charge in [-0.25, -0.2) is 4.99 Å². The fourth-order valence-electron chi connectivity index (χ4n) is 10.5. The monoisotopic (exact) mass is 834 g/mol. The van der Waals surface area contributed by atoms with Crippen molar-refractivity contribution in [3.05, 3.63) is 246 Å². The minimum Gasteiger partial charge on any atom is -0.383 e. The molecule has 310 valence electrons. The van der Waals surface area contributed by atoms with Crippen molar-refractivity contribution in [2.45, 2.75) is 25.7 Å². The first-order valence-corrected chi connectivity index (χ1v) is 22.5. The van der Waals surface area contributed by atoms with Crippen molar-refractivity contribution in [2.75, 3.05) is 0 Å². The lowest BCUT2D eigenvalue weighted by Gasteiger charge is -2.23. The smallest absolute Gasteiger partial charge is 0.131 e. The predicted molar refractivity (Wildman–Crippen MR) is 273 cm³/mol. The summed E-state index contributed by atoms with van der Waals surface area (Å²) in [6.07, 6.45) is 2.92. The average Bonchev–Trinajstić information content (AvgIpc) is 3.96. The Labute approximate surface area is 378 Å². The summed E-state index contributed by atoms with van der Waals surface area (Å²) < 4.78 is 4.88. The summed E-state index contributed by atoms with van der Waals surface area (Å²) in [5, 5.41) is 4.95. The number of aliphatic imine (C=N–C) groups is 1. The Morgan fingerprint density at radius 1 is 0.508 bits per heavy atom. The molecule has 11 aromatic rings. The van der Waals surface area contributed by atoms with Crippen molar-refractivity contribution in [2.24, 2.45) is 10.7 Å². The van der Waals surface area contributed by atoms with E-state index in [1.54, 1.807) is 0 Å². The Balaban J connectivity index is 1.06. The molecule has 0 aliphatic heterocycles. The van der Waals surface area contributed by atoms with Crippen molar-refractivity contribution in [3.8, 4) is 33.6 Å². The van der Waals surface area contributed by atoms with E-state index in [4.69, 9.17) is 10.7 Å². The highest BCUT2D eigenvalue weighted by molar-refractivity contribution is 6.22. The summed E-state index contributed by atoms with van der Waals surface area (Å²) >= 11 is 0. The summed E-state index contributed by atoms with van der Waals surface area (Å²) in [6.45, 7) is 4.76. The lowest BCUT2D eigenvalue weighted by Crippen LogP contribution is -2.15. The van der Waals surface area contributed by atoms with Crippen LogP contribution in [0.3, 0.4) is 0 Å². The average molecular weight is 835 g/mol. The van der Waals surface area contributed by atoms with Crippen molar-refractivity contribution in [1.82, 2.24) is 9.13 Å². The fourth-order valence-corrected chi connectivity index (χ4v) is 10.5. The molecule has 0 saturated heterocycles. The van der Waals surface area contributed by atoms with Crippen LogP contribution in [0.15, 0.2) is 223 Å². The number of aromatic nitrogens is 2. The van der Waals surface area contributed by atoms with Gasteiger partial charge >= 0.3 is 0 Å².